The number of fused-ring (bicyclic) bond motifs is 1. The summed E-state index contributed by atoms with van der Waals surface area (Å²) in [6.07, 6.45) is 3.70. The van der Waals surface area contributed by atoms with Gasteiger partial charge < -0.3 is 25.6 Å². The Balaban J connectivity index is 1.84. The molecule has 118 valence electrons. The highest BCUT2D eigenvalue weighted by Crippen LogP contribution is 2.33. The molecule has 4 N–H and O–H groups in total. The Bertz CT molecular complexity index is 453. The molecular weight excluding hydrogens is 268 g/mol. The monoisotopic (exact) mass is 294 g/mol. The number of benzene rings is 1. The minimum Gasteiger partial charge on any atom is -0.454 e. The van der Waals surface area contributed by atoms with Crippen molar-refractivity contribution in [3.63, 3.8) is 0 Å². The molecule has 0 saturated carbocycles. The van der Waals surface area contributed by atoms with E-state index in [-0.39, 0.29) is 12.1 Å². The fourth-order valence-electron chi connectivity index (χ4n) is 2.41. The first-order chi connectivity index (χ1) is 10.2. The van der Waals surface area contributed by atoms with Crippen LogP contribution in [0.4, 0.5) is 0 Å². The lowest BCUT2D eigenvalue weighted by atomic mass is 9.93. The first kappa shape index (κ1) is 16.1. The fourth-order valence-corrected chi connectivity index (χ4v) is 2.41. The third-order valence-corrected chi connectivity index (χ3v) is 3.99. The third kappa shape index (κ3) is 4.59. The van der Waals surface area contributed by atoms with E-state index in [1.165, 1.54) is 5.56 Å². The minimum absolute atomic E-state index is 0.0776. The van der Waals surface area contributed by atoms with Gasteiger partial charge in [-0.25, -0.2) is 0 Å². The highest BCUT2D eigenvalue weighted by molar-refractivity contribution is 5.44. The molecule has 0 aliphatic carbocycles. The summed E-state index contributed by atoms with van der Waals surface area (Å²) >= 11 is 0. The number of aryl methyl sites for hydroxylation is 1. The molecule has 1 atom stereocenters. The number of hydrogen-bond donors (Lipinski definition) is 3. The van der Waals surface area contributed by atoms with Gasteiger partial charge in [-0.15, -0.1) is 0 Å². The topological polar surface area (TPSA) is 76.7 Å². The molecule has 1 aliphatic rings. The minimum atomic E-state index is -0.0776. The molecule has 5 nitrogen and oxygen atoms in total. The largest absolute Gasteiger partial charge is 0.454 e. The molecule has 0 amide bonds. The highest BCUT2D eigenvalue weighted by atomic mass is 16.7. The zero-order valence-corrected chi connectivity index (χ0v) is 12.7. The van der Waals surface area contributed by atoms with E-state index in [9.17, 15) is 0 Å². The van der Waals surface area contributed by atoms with E-state index in [4.69, 9.17) is 20.3 Å². The van der Waals surface area contributed by atoms with Gasteiger partial charge in [0, 0.05) is 18.7 Å². The molecule has 0 saturated heterocycles. The summed E-state index contributed by atoms with van der Waals surface area (Å²) in [5, 5.41) is 12.3. The van der Waals surface area contributed by atoms with Crippen LogP contribution in [-0.4, -0.2) is 37.1 Å². The second-order valence-electron chi connectivity index (χ2n) is 5.81. The van der Waals surface area contributed by atoms with Crippen LogP contribution in [0, 0.1) is 0 Å². The second kappa shape index (κ2) is 7.64. The number of aliphatic hydroxyl groups is 1. The van der Waals surface area contributed by atoms with E-state index in [0.717, 1.165) is 43.7 Å². The highest BCUT2D eigenvalue weighted by Gasteiger charge is 2.21. The van der Waals surface area contributed by atoms with Crippen molar-refractivity contribution in [3.05, 3.63) is 23.8 Å². The van der Waals surface area contributed by atoms with E-state index in [1.807, 2.05) is 12.1 Å². The zero-order chi connectivity index (χ0) is 15.1. The second-order valence-corrected chi connectivity index (χ2v) is 5.81. The molecule has 1 heterocycles. The van der Waals surface area contributed by atoms with Crippen LogP contribution in [0.1, 0.15) is 31.7 Å². The summed E-state index contributed by atoms with van der Waals surface area (Å²) < 4.78 is 10.7. The van der Waals surface area contributed by atoms with E-state index >= 15 is 0 Å². The van der Waals surface area contributed by atoms with Crippen LogP contribution in [0.25, 0.3) is 0 Å². The third-order valence-electron chi connectivity index (χ3n) is 3.99. The number of nitrogens with two attached hydrogens (primary N) is 1. The summed E-state index contributed by atoms with van der Waals surface area (Å²) in [6, 6.07) is 6.09. The van der Waals surface area contributed by atoms with Crippen molar-refractivity contribution in [1.82, 2.24) is 5.32 Å². The van der Waals surface area contributed by atoms with Crippen LogP contribution in [0.5, 0.6) is 11.5 Å². The number of ether oxygens (including phenoxy) is 2. The molecule has 1 aromatic carbocycles. The van der Waals surface area contributed by atoms with Gasteiger partial charge in [0.2, 0.25) is 6.79 Å². The lowest BCUT2D eigenvalue weighted by Gasteiger charge is -2.30. The number of unbranched alkanes of at least 4 members (excludes halogenated alkanes) is 1. The molecule has 1 aliphatic heterocycles. The maximum absolute atomic E-state index is 8.81. The Hall–Kier alpha value is -1.30. The van der Waals surface area contributed by atoms with Gasteiger partial charge in [-0.1, -0.05) is 6.07 Å². The summed E-state index contributed by atoms with van der Waals surface area (Å²) in [5.74, 6) is 1.65. The van der Waals surface area contributed by atoms with Gasteiger partial charge >= 0.3 is 0 Å². The van der Waals surface area contributed by atoms with Gasteiger partial charge in [0.1, 0.15) is 0 Å². The lowest BCUT2D eigenvalue weighted by Crippen LogP contribution is -2.49. The quantitative estimate of drug-likeness (QED) is 0.601. The normalized spacial score (nSPS) is 16.0. The van der Waals surface area contributed by atoms with E-state index in [1.54, 1.807) is 0 Å². The lowest BCUT2D eigenvalue weighted by molar-refractivity contribution is 0.174. The van der Waals surface area contributed by atoms with Gasteiger partial charge in [-0.05, 0) is 56.8 Å². The number of nitrogens with one attached hydrogen (secondary N) is 1. The predicted molar refractivity (Wildman–Crippen MR) is 82.7 cm³/mol. The van der Waals surface area contributed by atoms with Crippen LogP contribution in [0.15, 0.2) is 18.2 Å². The van der Waals surface area contributed by atoms with Crippen molar-refractivity contribution in [2.24, 2.45) is 5.73 Å². The smallest absolute Gasteiger partial charge is 0.231 e. The first-order valence-electron chi connectivity index (χ1n) is 7.61. The van der Waals surface area contributed by atoms with Crippen LogP contribution in [-0.2, 0) is 6.42 Å². The predicted octanol–water partition coefficient (Wildman–Crippen LogP) is 1.43. The van der Waals surface area contributed by atoms with E-state index < -0.39 is 0 Å². The SMILES string of the molecule is CC(CN)(CCc1ccc2c(c1)OCO2)NCCCCO. The number of rotatable bonds is 9. The van der Waals surface area contributed by atoms with E-state index in [0.29, 0.717) is 13.3 Å². The molecule has 2 rings (SSSR count). The average molecular weight is 294 g/mol. The van der Waals surface area contributed by atoms with Crippen LogP contribution in [0.2, 0.25) is 0 Å². The zero-order valence-electron chi connectivity index (χ0n) is 12.7. The maximum Gasteiger partial charge on any atom is 0.231 e. The van der Waals surface area contributed by atoms with Gasteiger partial charge in [0.05, 0.1) is 0 Å². The molecule has 0 fully saturated rings. The van der Waals surface area contributed by atoms with Crippen molar-refractivity contribution in [2.75, 3.05) is 26.5 Å². The molecule has 21 heavy (non-hydrogen) atoms. The Kier molecular flexibility index (Phi) is 5.85. The van der Waals surface area contributed by atoms with Crippen molar-refractivity contribution >= 4 is 0 Å². The van der Waals surface area contributed by atoms with Crippen LogP contribution in [0.3, 0.4) is 0 Å². The standard InChI is InChI=1S/C16H26N2O3/c1-16(11-17,18-8-2-3-9-19)7-6-13-4-5-14-15(10-13)21-12-20-14/h4-5,10,18-19H,2-3,6-9,11-12,17H2,1H3. The Morgan fingerprint density at radius 3 is 2.86 bits per heavy atom. The van der Waals surface area contributed by atoms with Crippen molar-refractivity contribution in [1.29, 1.82) is 0 Å². The van der Waals surface area contributed by atoms with Gasteiger partial charge in [0.15, 0.2) is 11.5 Å². The molecule has 1 unspecified atom stereocenters. The molecular formula is C16H26N2O3. The fraction of sp³-hybridized carbons (Fsp3) is 0.625. The maximum atomic E-state index is 8.81. The average Bonchev–Trinajstić information content (AvgIpc) is 2.97. The van der Waals surface area contributed by atoms with Crippen LogP contribution >= 0.6 is 0 Å². The molecule has 1 aromatic rings. The molecule has 0 bridgehead atoms. The first-order valence-corrected chi connectivity index (χ1v) is 7.61. The Morgan fingerprint density at radius 2 is 2.10 bits per heavy atom. The number of hydrogen-bond acceptors (Lipinski definition) is 5. The molecule has 0 spiro atoms. The van der Waals surface area contributed by atoms with Crippen LogP contribution < -0.4 is 20.5 Å². The van der Waals surface area contributed by atoms with Crippen molar-refractivity contribution in [3.8, 4) is 11.5 Å². The summed E-state index contributed by atoms with van der Waals surface area (Å²) in [5.41, 5.74) is 7.07. The molecule has 0 aromatic heterocycles. The summed E-state index contributed by atoms with van der Waals surface area (Å²) in [6.45, 7) is 4.19. The van der Waals surface area contributed by atoms with Gasteiger partial charge in [-0.3, -0.25) is 0 Å². The summed E-state index contributed by atoms with van der Waals surface area (Å²) in [7, 11) is 0. The molecule has 0 radical (unpaired) electrons. The Morgan fingerprint density at radius 1 is 1.29 bits per heavy atom. The van der Waals surface area contributed by atoms with Crippen molar-refractivity contribution in [2.45, 2.75) is 38.1 Å². The van der Waals surface area contributed by atoms with Gasteiger partial charge in [0.25, 0.3) is 0 Å². The Labute approximate surface area is 126 Å². The van der Waals surface area contributed by atoms with Crippen molar-refractivity contribution < 1.29 is 14.6 Å². The summed E-state index contributed by atoms with van der Waals surface area (Å²) in [4.78, 5) is 0. The molecule has 5 heteroatoms. The van der Waals surface area contributed by atoms with E-state index in [2.05, 4.69) is 18.3 Å². The number of aliphatic hydroxyl groups excluding tert-OH is 1. The van der Waals surface area contributed by atoms with Gasteiger partial charge in [-0.2, -0.15) is 0 Å².